The van der Waals surface area contributed by atoms with Crippen LogP contribution in [0.25, 0.3) is 5.69 Å². The maximum Gasteiger partial charge on any atom is 0.348 e. The number of para-hydroxylation sites is 1. The van der Waals surface area contributed by atoms with Gasteiger partial charge in [-0.1, -0.05) is 18.2 Å². The van der Waals surface area contributed by atoms with Gasteiger partial charge in [0.2, 0.25) is 5.82 Å². The van der Waals surface area contributed by atoms with Crippen molar-refractivity contribution in [1.29, 1.82) is 0 Å². The lowest BCUT2D eigenvalue weighted by molar-refractivity contribution is 0.0712. The van der Waals surface area contributed by atoms with Crippen molar-refractivity contribution in [1.82, 2.24) is 19.7 Å². The smallest absolute Gasteiger partial charge is 0.336 e. The minimum atomic E-state index is -0.392. The van der Waals surface area contributed by atoms with Crippen LogP contribution in [0.5, 0.6) is 0 Å². The van der Waals surface area contributed by atoms with Crippen LogP contribution < -0.4 is 5.69 Å². The van der Waals surface area contributed by atoms with E-state index < -0.39 is 5.69 Å². The lowest BCUT2D eigenvalue weighted by atomic mass is 10.1. The van der Waals surface area contributed by atoms with E-state index in [0.717, 1.165) is 32.4 Å². The van der Waals surface area contributed by atoms with Crippen molar-refractivity contribution < 1.29 is 4.79 Å². The van der Waals surface area contributed by atoms with Gasteiger partial charge in [0.15, 0.2) is 0 Å². The third-order valence-electron chi connectivity index (χ3n) is 3.46. The van der Waals surface area contributed by atoms with Crippen LogP contribution in [0, 0.1) is 0 Å². The molecule has 1 aliphatic heterocycles. The van der Waals surface area contributed by atoms with Crippen LogP contribution in [0.3, 0.4) is 0 Å². The number of hydrogen-bond donors (Lipinski definition) is 1. The van der Waals surface area contributed by atoms with Gasteiger partial charge in [0.05, 0.1) is 5.69 Å². The number of piperidine rings is 1. The summed E-state index contributed by atoms with van der Waals surface area (Å²) in [7, 11) is 0. The van der Waals surface area contributed by atoms with Gasteiger partial charge < -0.3 is 4.90 Å². The van der Waals surface area contributed by atoms with E-state index in [2.05, 4.69) is 10.1 Å². The van der Waals surface area contributed by atoms with E-state index in [1.54, 1.807) is 17.0 Å². The quantitative estimate of drug-likeness (QED) is 0.892. The summed E-state index contributed by atoms with van der Waals surface area (Å²) in [6.07, 6.45) is 3.17. The van der Waals surface area contributed by atoms with Gasteiger partial charge in [0.25, 0.3) is 5.91 Å². The van der Waals surface area contributed by atoms with Gasteiger partial charge in [-0.05, 0) is 31.4 Å². The summed E-state index contributed by atoms with van der Waals surface area (Å²) in [5, 5.41) is 4.11. The third kappa shape index (κ3) is 2.36. The number of rotatable bonds is 2. The van der Waals surface area contributed by atoms with E-state index in [9.17, 15) is 9.59 Å². The first-order valence-corrected chi connectivity index (χ1v) is 6.80. The molecule has 0 spiro atoms. The highest BCUT2D eigenvalue weighted by atomic mass is 16.2. The number of likely N-dealkylation sites (tertiary alicyclic amines) is 1. The Morgan fingerprint density at radius 1 is 1.10 bits per heavy atom. The summed E-state index contributed by atoms with van der Waals surface area (Å²) in [4.78, 5) is 28.5. The summed E-state index contributed by atoms with van der Waals surface area (Å²) in [6, 6.07) is 9.06. The normalized spacial score (nSPS) is 15.3. The molecule has 20 heavy (non-hydrogen) atoms. The second-order valence-electron chi connectivity index (χ2n) is 4.88. The molecular weight excluding hydrogens is 256 g/mol. The summed E-state index contributed by atoms with van der Waals surface area (Å²) in [5.74, 6) is -0.0859. The Labute approximate surface area is 116 Å². The van der Waals surface area contributed by atoms with Gasteiger partial charge in [0, 0.05) is 13.1 Å². The van der Waals surface area contributed by atoms with Crippen LogP contribution in [-0.2, 0) is 0 Å². The molecule has 1 aromatic heterocycles. The summed E-state index contributed by atoms with van der Waals surface area (Å²) in [6.45, 7) is 1.47. The molecule has 0 saturated carbocycles. The molecule has 1 amide bonds. The zero-order valence-corrected chi connectivity index (χ0v) is 11.1. The van der Waals surface area contributed by atoms with Gasteiger partial charge in [0.1, 0.15) is 0 Å². The van der Waals surface area contributed by atoms with Gasteiger partial charge in [-0.25, -0.2) is 4.79 Å². The van der Waals surface area contributed by atoms with Gasteiger partial charge >= 0.3 is 5.69 Å². The average Bonchev–Trinajstić information content (AvgIpc) is 2.90. The monoisotopic (exact) mass is 272 g/mol. The molecule has 1 N–H and O–H groups in total. The van der Waals surface area contributed by atoms with E-state index >= 15 is 0 Å². The number of amides is 1. The number of carbonyl (C=O) groups excluding carboxylic acids is 1. The first-order chi connectivity index (χ1) is 9.75. The minimum Gasteiger partial charge on any atom is -0.336 e. The number of aromatic amines is 1. The van der Waals surface area contributed by atoms with Crippen molar-refractivity contribution in [2.24, 2.45) is 0 Å². The number of aromatic nitrogens is 3. The zero-order chi connectivity index (χ0) is 13.9. The molecule has 0 unspecified atom stereocenters. The molecule has 1 fully saturated rings. The first kappa shape index (κ1) is 12.7. The number of benzene rings is 1. The predicted molar refractivity (Wildman–Crippen MR) is 73.9 cm³/mol. The highest BCUT2D eigenvalue weighted by Crippen LogP contribution is 2.11. The van der Waals surface area contributed by atoms with Gasteiger partial charge in [-0.15, -0.1) is 5.10 Å². The topological polar surface area (TPSA) is 71.0 Å². The average molecular weight is 272 g/mol. The van der Waals surface area contributed by atoms with E-state index in [0.29, 0.717) is 5.69 Å². The Morgan fingerprint density at radius 3 is 2.50 bits per heavy atom. The third-order valence-corrected chi connectivity index (χ3v) is 3.46. The highest BCUT2D eigenvalue weighted by Gasteiger charge is 2.22. The fourth-order valence-corrected chi connectivity index (χ4v) is 2.41. The number of nitrogens with zero attached hydrogens (tertiary/aromatic N) is 3. The van der Waals surface area contributed by atoms with Crippen LogP contribution in [0.15, 0.2) is 35.1 Å². The van der Waals surface area contributed by atoms with Crippen molar-refractivity contribution in [2.75, 3.05) is 13.1 Å². The molecule has 6 heteroatoms. The molecule has 0 bridgehead atoms. The Kier molecular flexibility index (Phi) is 3.37. The molecule has 0 atom stereocenters. The molecule has 0 aliphatic carbocycles. The Hall–Kier alpha value is -2.37. The van der Waals surface area contributed by atoms with Crippen molar-refractivity contribution in [3.05, 3.63) is 46.6 Å². The SMILES string of the molecule is O=C(c1nn(-c2ccccc2)c(=O)[nH]1)N1CCCCC1. The minimum absolute atomic E-state index is 0.112. The summed E-state index contributed by atoms with van der Waals surface area (Å²) >= 11 is 0. The van der Waals surface area contributed by atoms with E-state index in [1.807, 2.05) is 18.2 Å². The van der Waals surface area contributed by atoms with E-state index in [4.69, 9.17) is 0 Å². The Bertz CT molecular complexity index is 653. The van der Waals surface area contributed by atoms with Crippen molar-refractivity contribution in [3.63, 3.8) is 0 Å². The highest BCUT2D eigenvalue weighted by molar-refractivity contribution is 5.90. The molecule has 2 heterocycles. The molecule has 1 aliphatic rings. The first-order valence-electron chi connectivity index (χ1n) is 6.80. The van der Waals surface area contributed by atoms with Crippen LogP contribution in [-0.4, -0.2) is 38.7 Å². The van der Waals surface area contributed by atoms with Crippen molar-refractivity contribution in [3.8, 4) is 5.69 Å². The summed E-state index contributed by atoms with van der Waals surface area (Å²) in [5.41, 5.74) is 0.253. The molecule has 104 valence electrons. The van der Waals surface area contributed by atoms with Crippen molar-refractivity contribution in [2.45, 2.75) is 19.3 Å². The molecule has 1 saturated heterocycles. The maximum atomic E-state index is 12.3. The maximum absolute atomic E-state index is 12.3. The lowest BCUT2D eigenvalue weighted by Crippen LogP contribution is -2.36. The Balaban J connectivity index is 1.89. The molecule has 3 rings (SSSR count). The van der Waals surface area contributed by atoms with Gasteiger partial charge in [-0.2, -0.15) is 4.68 Å². The standard InChI is InChI=1S/C14H16N4O2/c19-13(17-9-5-2-6-10-17)12-15-14(20)18(16-12)11-7-3-1-4-8-11/h1,3-4,7-8H,2,5-6,9-10H2,(H,15,16,20). The van der Waals surface area contributed by atoms with Crippen LogP contribution in [0.4, 0.5) is 0 Å². The number of nitrogens with one attached hydrogen (secondary N) is 1. The summed E-state index contributed by atoms with van der Waals surface area (Å²) < 4.78 is 1.22. The second kappa shape index (κ2) is 5.32. The number of H-pyrrole nitrogens is 1. The largest absolute Gasteiger partial charge is 0.348 e. The molecular formula is C14H16N4O2. The van der Waals surface area contributed by atoms with E-state index in [-0.39, 0.29) is 11.7 Å². The fraction of sp³-hybridized carbons (Fsp3) is 0.357. The number of carbonyl (C=O) groups is 1. The molecule has 0 radical (unpaired) electrons. The van der Waals surface area contributed by atoms with E-state index in [1.165, 1.54) is 4.68 Å². The van der Waals surface area contributed by atoms with Crippen molar-refractivity contribution >= 4 is 5.91 Å². The molecule has 1 aromatic carbocycles. The fourth-order valence-electron chi connectivity index (χ4n) is 2.41. The van der Waals surface area contributed by atoms with Crippen LogP contribution in [0.2, 0.25) is 0 Å². The zero-order valence-electron chi connectivity index (χ0n) is 11.1. The molecule has 6 nitrogen and oxygen atoms in total. The lowest BCUT2D eigenvalue weighted by Gasteiger charge is -2.25. The number of hydrogen-bond acceptors (Lipinski definition) is 3. The van der Waals surface area contributed by atoms with Crippen LogP contribution >= 0.6 is 0 Å². The van der Waals surface area contributed by atoms with Gasteiger partial charge in [-0.3, -0.25) is 9.78 Å². The predicted octanol–water partition coefficient (Wildman–Crippen LogP) is 1.19. The Morgan fingerprint density at radius 2 is 1.80 bits per heavy atom. The second-order valence-corrected chi connectivity index (χ2v) is 4.88. The molecule has 2 aromatic rings. The van der Waals surface area contributed by atoms with Crippen LogP contribution in [0.1, 0.15) is 29.9 Å².